The maximum absolute atomic E-state index is 6.07. The number of fused-ring (bicyclic) bond motifs is 2. The molecular formula is C16H15N. The molecule has 0 amide bonds. The minimum absolute atomic E-state index is 0.864. The lowest BCUT2D eigenvalue weighted by molar-refractivity contribution is 1.16. The highest BCUT2D eigenvalue weighted by Gasteiger charge is 2.04. The fraction of sp³-hybridized carbons (Fsp3) is 0.125. The van der Waals surface area contributed by atoms with Gasteiger partial charge in [-0.05, 0) is 46.3 Å². The van der Waals surface area contributed by atoms with Crippen molar-refractivity contribution in [3.8, 4) is 0 Å². The molecule has 0 heterocycles. The SMILES string of the molecule is CCc1ccc(N)c2cc3ccccc3cc12. The van der Waals surface area contributed by atoms with Gasteiger partial charge in [-0.25, -0.2) is 0 Å². The van der Waals surface area contributed by atoms with E-state index in [1.54, 1.807) is 0 Å². The Kier molecular flexibility index (Phi) is 2.25. The molecular weight excluding hydrogens is 206 g/mol. The molecule has 0 aliphatic carbocycles. The summed E-state index contributed by atoms with van der Waals surface area (Å²) in [6.45, 7) is 2.18. The van der Waals surface area contributed by atoms with Crippen LogP contribution in [0.2, 0.25) is 0 Å². The molecule has 0 aliphatic heterocycles. The maximum atomic E-state index is 6.07. The lowest BCUT2D eigenvalue weighted by atomic mass is 9.97. The molecule has 17 heavy (non-hydrogen) atoms. The molecule has 1 nitrogen and oxygen atoms in total. The molecule has 0 saturated heterocycles. The third-order valence-electron chi connectivity index (χ3n) is 3.39. The first-order valence-electron chi connectivity index (χ1n) is 5.99. The van der Waals surface area contributed by atoms with E-state index in [0.717, 1.165) is 12.1 Å². The fourth-order valence-electron chi connectivity index (χ4n) is 2.42. The van der Waals surface area contributed by atoms with Gasteiger partial charge in [-0.1, -0.05) is 37.3 Å². The Hall–Kier alpha value is -2.02. The monoisotopic (exact) mass is 221 g/mol. The number of nitrogen functional groups attached to an aromatic ring is 1. The molecule has 3 aromatic carbocycles. The van der Waals surface area contributed by atoms with Crippen molar-refractivity contribution in [2.75, 3.05) is 5.73 Å². The van der Waals surface area contributed by atoms with E-state index in [2.05, 4.69) is 49.4 Å². The largest absolute Gasteiger partial charge is 0.398 e. The average molecular weight is 221 g/mol. The van der Waals surface area contributed by atoms with Gasteiger partial charge in [0.15, 0.2) is 0 Å². The van der Waals surface area contributed by atoms with Gasteiger partial charge in [-0.3, -0.25) is 0 Å². The van der Waals surface area contributed by atoms with Gasteiger partial charge >= 0.3 is 0 Å². The molecule has 3 rings (SSSR count). The van der Waals surface area contributed by atoms with Gasteiger partial charge < -0.3 is 5.73 Å². The molecule has 1 heteroatoms. The van der Waals surface area contributed by atoms with Crippen LogP contribution in [0, 0.1) is 0 Å². The van der Waals surface area contributed by atoms with E-state index in [0.29, 0.717) is 0 Å². The predicted molar refractivity (Wildman–Crippen MR) is 75.2 cm³/mol. The Labute approximate surface area is 101 Å². The Morgan fingerprint density at radius 3 is 2.18 bits per heavy atom. The van der Waals surface area contributed by atoms with Crippen LogP contribution < -0.4 is 5.73 Å². The average Bonchev–Trinajstić information content (AvgIpc) is 2.38. The molecule has 3 aromatic rings. The molecule has 0 atom stereocenters. The summed E-state index contributed by atoms with van der Waals surface area (Å²) < 4.78 is 0. The van der Waals surface area contributed by atoms with Crippen LogP contribution in [-0.2, 0) is 6.42 Å². The van der Waals surface area contributed by atoms with Crippen LogP contribution in [0.25, 0.3) is 21.5 Å². The smallest absolute Gasteiger partial charge is 0.0394 e. The molecule has 0 unspecified atom stereocenters. The fourth-order valence-corrected chi connectivity index (χ4v) is 2.42. The second kappa shape index (κ2) is 3.77. The molecule has 0 aliphatic rings. The van der Waals surface area contributed by atoms with Crippen LogP contribution >= 0.6 is 0 Å². The number of hydrogen-bond donors (Lipinski definition) is 1. The first kappa shape index (κ1) is 10.2. The summed E-state index contributed by atoms with van der Waals surface area (Å²) >= 11 is 0. The van der Waals surface area contributed by atoms with Gasteiger partial charge in [0.25, 0.3) is 0 Å². The number of nitrogens with two attached hydrogens (primary N) is 1. The molecule has 0 fully saturated rings. The van der Waals surface area contributed by atoms with Crippen molar-refractivity contribution in [1.29, 1.82) is 0 Å². The lowest BCUT2D eigenvalue weighted by Crippen LogP contribution is -1.91. The molecule has 0 radical (unpaired) electrons. The second-order valence-electron chi connectivity index (χ2n) is 4.41. The van der Waals surface area contributed by atoms with Crippen LogP contribution in [0.4, 0.5) is 5.69 Å². The van der Waals surface area contributed by atoms with E-state index in [-0.39, 0.29) is 0 Å². The van der Waals surface area contributed by atoms with Crippen LogP contribution in [0.15, 0.2) is 48.5 Å². The van der Waals surface area contributed by atoms with E-state index in [1.807, 2.05) is 6.07 Å². The number of anilines is 1. The van der Waals surface area contributed by atoms with E-state index >= 15 is 0 Å². The van der Waals surface area contributed by atoms with Crippen LogP contribution in [0.5, 0.6) is 0 Å². The zero-order valence-electron chi connectivity index (χ0n) is 9.90. The number of aryl methyl sites for hydroxylation is 1. The lowest BCUT2D eigenvalue weighted by Gasteiger charge is -2.09. The highest BCUT2D eigenvalue weighted by Crippen LogP contribution is 2.29. The van der Waals surface area contributed by atoms with E-state index in [4.69, 9.17) is 5.73 Å². The number of benzene rings is 3. The zero-order valence-corrected chi connectivity index (χ0v) is 9.90. The summed E-state index contributed by atoms with van der Waals surface area (Å²) in [6, 6.07) is 17.0. The number of hydrogen-bond acceptors (Lipinski definition) is 1. The van der Waals surface area contributed by atoms with Gasteiger partial charge in [0.1, 0.15) is 0 Å². The van der Waals surface area contributed by atoms with Crippen molar-refractivity contribution in [1.82, 2.24) is 0 Å². The van der Waals surface area contributed by atoms with Crippen LogP contribution in [0.1, 0.15) is 12.5 Å². The molecule has 0 spiro atoms. The summed E-state index contributed by atoms with van der Waals surface area (Å²) in [5.41, 5.74) is 8.30. The molecule has 84 valence electrons. The first-order chi connectivity index (χ1) is 8.29. The van der Waals surface area contributed by atoms with Gasteiger partial charge in [0, 0.05) is 11.1 Å². The van der Waals surface area contributed by atoms with Crippen molar-refractivity contribution < 1.29 is 0 Å². The highest BCUT2D eigenvalue weighted by atomic mass is 14.5. The molecule has 0 bridgehead atoms. The Morgan fingerprint density at radius 1 is 0.882 bits per heavy atom. The Morgan fingerprint density at radius 2 is 1.53 bits per heavy atom. The molecule has 2 N–H and O–H groups in total. The van der Waals surface area contributed by atoms with Gasteiger partial charge in [-0.2, -0.15) is 0 Å². The summed E-state index contributed by atoms with van der Waals surface area (Å²) in [6.07, 6.45) is 1.04. The van der Waals surface area contributed by atoms with Gasteiger partial charge in [0.05, 0.1) is 0 Å². The summed E-state index contributed by atoms with van der Waals surface area (Å²) in [5.74, 6) is 0. The predicted octanol–water partition coefficient (Wildman–Crippen LogP) is 4.14. The zero-order chi connectivity index (χ0) is 11.8. The van der Waals surface area contributed by atoms with E-state index in [9.17, 15) is 0 Å². The Balaban J connectivity index is 2.50. The third-order valence-corrected chi connectivity index (χ3v) is 3.39. The number of rotatable bonds is 1. The highest BCUT2D eigenvalue weighted by molar-refractivity contribution is 6.04. The van der Waals surface area contributed by atoms with Crippen molar-refractivity contribution in [2.45, 2.75) is 13.3 Å². The second-order valence-corrected chi connectivity index (χ2v) is 4.41. The summed E-state index contributed by atoms with van der Waals surface area (Å²) in [5, 5.41) is 4.98. The maximum Gasteiger partial charge on any atom is 0.0394 e. The standard InChI is InChI=1S/C16H15N/c1-2-11-7-8-16(17)15-10-13-6-4-3-5-12(13)9-14(11)15/h3-10H,2,17H2,1H3. The van der Waals surface area contributed by atoms with E-state index in [1.165, 1.54) is 27.1 Å². The summed E-state index contributed by atoms with van der Waals surface area (Å²) in [7, 11) is 0. The normalized spacial score (nSPS) is 11.1. The van der Waals surface area contributed by atoms with Crippen molar-refractivity contribution in [2.24, 2.45) is 0 Å². The topological polar surface area (TPSA) is 26.0 Å². The molecule has 0 saturated carbocycles. The quantitative estimate of drug-likeness (QED) is 0.485. The van der Waals surface area contributed by atoms with Crippen LogP contribution in [0.3, 0.4) is 0 Å². The molecule has 0 aromatic heterocycles. The Bertz CT molecular complexity index is 698. The summed E-state index contributed by atoms with van der Waals surface area (Å²) in [4.78, 5) is 0. The van der Waals surface area contributed by atoms with Crippen molar-refractivity contribution in [3.63, 3.8) is 0 Å². The minimum atomic E-state index is 0.864. The van der Waals surface area contributed by atoms with Crippen LogP contribution in [-0.4, -0.2) is 0 Å². The van der Waals surface area contributed by atoms with Gasteiger partial charge in [-0.15, -0.1) is 0 Å². The van der Waals surface area contributed by atoms with Gasteiger partial charge in [0.2, 0.25) is 0 Å². The van der Waals surface area contributed by atoms with Crippen molar-refractivity contribution in [3.05, 3.63) is 54.1 Å². The van der Waals surface area contributed by atoms with E-state index < -0.39 is 0 Å². The minimum Gasteiger partial charge on any atom is -0.398 e. The first-order valence-corrected chi connectivity index (χ1v) is 5.99. The van der Waals surface area contributed by atoms with Crippen molar-refractivity contribution >= 4 is 27.2 Å². The third kappa shape index (κ3) is 1.55.